The fourth-order valence-electron chi connectivity index (χ4n) is 1.80. The van der Waals surface area contributed by atoms with Crippen molar-refractivity contribution >= 4 is 0 Å². The van der Waals surface area contributed by atoms with Crippen LogP contribution < -0.4 is 5.32 Å². The predicted molar refractivity (Wildman–Crippen MR) is 67.1 cm³/mol. The molecule has 15 heavy (non-hydrogen) atoms. The highest BCUT2D eigenvalue weighted by atomic mass is 16.3. The number of hydrogen-bond acceptors (Lipinski definition) is 2. The van der Waals surface area contributed by atoms with Crippen molar-refractivity contribution in [3.63, 3.8) is 0 Å². The summed E-state index contributed by atoms with van der Waals surface area (Å²) < 4.78 is 0. The second-order valence-corrected chi connectivity index (χ2v) is 4.59. The molecule has 0 radical (unpaired) electrons. The molecule has 0 aromatic rings. The Bertz CT molecular complexity index is 128. The van der Waals surface area contributed by atoms with Crippen molar-refractivity contribution in [1.29, 1.82) is 0 Å². The lowest BCUT2D eigenvalue weighted by atomic mass is 10.0. The highest BCUT2D eigenvalue weighted by molar-refractivity contribution is 4.65. The summed E-state index contributed by atoms with van der Waals surface area (Å²) in [6.45, 7) is 8.09. The van der Waals surface area contributed by atoms with E-state index in [2.05, 4.69) is 26.1 Å². The van der Waals surface area contributed by atoms with Gasteiger partial charge in [0.25, 0.3) is 0 Å². The Balaban J connectivity index is 3.45. The van der Waals surface area contributed by atoms with Gasteiger partial charge in [0.05, 0.1) is 0 Å². The minimum Gasteiger partial charge on any atom is -0.396 e. The van der Waals surface area contributed by atoms with Gasteiger partial charge in [-0.05, 0) is 32.2 Å². The summed E-state index contributed by atoms with van der Waals surface area (Å²) >= 11 is 0. The highest BCUT2D eigenvalue weighted by Gasteiger charge is 2.07. The summed E-state index contributed by atoms with van der Waals surface area (Å²) in [4.78, 5) is 0. The van der Waals surface area contributed by atoms with Crippen molar-refractivity contribution in [3.8, 4) is 0 Å². The van der Waals surface area contributed by atoms with Gasteiger partial charge in [-0.1, -0.05) is 39.5 Å². The van der Waals surface area contributed by atoms with Crippen LogP contribution in [0.3, 0.4) is 0 Å². The second-order valence-electron chi connectivity index (χ2n) is 4.59. The molecule has 0 aromatic carbocycles. The lowest BCUT2D eigenvalue weighted by molar-refractivity contribution is 0.248. The Morgan fingerprint density at radius 3 is 2.40 bits per heavy atom. The van der Waals surface area contributed by atoms with Gasteiger partial charge in [0.2, 0.25) is 0 Å². The van der Waals surface area contributed by atoms with E-state index < -0.39 is 0 Å². The van der Waals surface area contributed by atoms with Crippen LogP contribution in [0.2, 0.25) is 0 Å². The molecule has 0 spiro atoms. The molecule has 0 saturated heterocycles. The van der Waals surface area contributed by atoms with Crippen LogP contribution in [0.25, 0.3) is 0 Å². The largest absolute Gasteiger partial charge is 0.396 e. The van der Waals surface area contributed by atoms with Gasteiger partial charge in [-0.15, -0.1) is 0 Å². The zero-order chi connectivity index (χ0) is 11.5. The topological polar surface area (TPSA) is 32.3 Å². The average molecular weight is 215 g/mol. The lowest BCUT2D eigenvalue weighted by Gasteiger charge is -2.19. The summed E-state index contributed by atoms with van der Waals surface area (Å²) in [5.74, 6) is 0.642. The number of nitrogens with one attached hydrogen (secondary N) is 1. The maximum absolute atomic E-state index is 8.88. The first-order valence-corrected chi connectivity index (χ1v) is 6.58. The fourth-order valence-corrected chi connectivity index (χ4v) is 1.80. The van der Waals surface area contributed by atoms with E-state index in [1.807, 2.05) is 0 Å². The third-order valence-corrected chi connectivity index (χ3v) is 3.11. The van der Waals surface area contributed by atoms with E-state index in [0.29, 0.717) is 18.6 Å². The number of aliphatic hydroxyl groups is 1. The molecule has 0 aromatic heterocycles. The summed E-state index contributed by atoms with van der Waals surface area (Å²) in [7, 11) is 0. The molecule has 2 heteroatoms. The third-order valence-electron chi connectivity index (χ3n) is 3.11. The molecule has 0 amide bonds. The van der Waals surface area contributed by atoms with Crippen LogP contribution in [0.1, 0.15) is 59.3 Å². The molecule has 0 aliphatic heterocycles. The zero-order valence-corrected chi connectivity index (χ0v) is 10.8. The smallest absolute Gasteiger partial charge is 0.0434 e. The molecule has 0 saturated carbocycles. The van der Waals surface area contributed by atoms with Gasteiger partial charge in [0.15, 0.2) is 0 Å². The van der Waals surface area contributed by atoms with Crippen molar-refractivity contribution in [1.82, 2.24) is 5.32 Å². The van der Waals surface area contributed by atoms with Crippen LogP contribution in [-0.4, -0.2) is 24.3 Å². The van der Waals surface area contributed by atoms with E-state index in [9.17, 15) is 0 Å². The molecule has 0 bridgehead atoms. The molecule has 0 fully saturated rings. The summed E-state index contributed by atoms with van der Waals surface area (Å²) in [6.07, 6.45) is 7.36. The van der Waals surface area contributed by atoms with E-state index in [0.717, 1.165) is 19.4 Å². The minimum atomic E-state index is 0.324. The van der Waals surface area contributed by atoms with Crippen LogP contribution >= 0.6 is 0 Å². The van der Waals surface area contributed by atoms with Crippen LogP contribution in [-0.2, 0) is 0 Å². The van der Waals surface area contributed by atoms with Gasteiger partial charge in [0, 0.05) is 12.6 Å². The van der Waals surface area contributed by atoms with Crippen molar-refractivity contribution in [2.45, 2.75) is 65.3 Å². The fraction of sp³-hybridized carbons (Fsp3) is 1.00. The molecule has 2 atom stereocenters. The molecule has 2 unspecified atom stereocenters. The van der Waals surface area contributed by atoms with Gasteiger partial charge in [-0.3, -0.25) is 0 Å². The first kappa shape index (κ1) is 14.9. The van der Waals surface area contributed by atoms with Crippen molar-refractivity contribution in [2.75, 3.05) is 13.2 Å². The zero-order valence-electron chi connectivity index (χ0n) is 10.8. The summed E-state index contributed by atoms with van der Waals surface area (Å²) in [5.41, 5.74) is 0. The normalized spacial score (nSPS) is 15.2. The van der Waals surface area contributed by atoms with Crippen molar-refractivity contribution < 1.29 is 5.11 Å². The molecule has 0 rings (SSSR count). The van der Waals surface area contributed by atoms with Gasteiger partial charge < -0.3 is 10.4 Å². The summed E-state index contributed by atoms with van der Waals surface area (Å²) in [5, 5.41) is 12.4. The average Bonchev–Trinajstić information content (AvgIpc) is 2.24. The molecule has 0 aliphatic carbocycles. The Hall–Kier alpha value is -0.0800. The second kappa shape index (κ2) is 10.4. The maximum atomic E-state index is 8.88. The first-order valence-electron chi connectivity index (χ1n) is 6.58. The first-order chi connectivity index (χ1) is 7.24. The van der Waals surface area contributed by atoms with Crippen LogP contribution in [0, 0.1) is 5.92 Å². The van der Waals surface area contributed by atoms with Gasteiger partial charge in [-0.2, -0.15) is 0 Å². The third kappa shape index (κ3) is 8.88. The number of aliphatic hydroxyl groups excluding tert-OH is 1. The van der Waals surface area contributed by atoms with E-state index >= 15 is 0 Å². The summed E-state index contributed by atoms with van der Waals surface area (Å²) in [6, 6.07) is 0.629. The van der Waals surface area contributed by atoms with Crippen LogP contribution in [0.4, 0.5) is 0 Å². The maximum Gasteiger partial charge on any atom is 0.0434 e. The van der Waals surface area contributed by atoms with E-state index in [4.69, 9.17) is 5.11 Å². The SMILES string of the molecule is CCCCCC(C)NCC(CC)CCO. The molecular weight excluding hydrogens is 186 g/mol. The predicted octanol–water partition coefficient (Wildman–Crippen LogP) is 2.95. The molecule has 0 heterocycles. The molecular formula is C13H29NO. The number of unbranched alkanes of at least 4 members (excludes halogenated alkanes) is 2. The number of rotatable bonds is 10. The van der Waals surface area contributed by atoms with E-state index in [-0.39, 0.29) is 0 Å². The van der Waals surface area contributed by atoms with Crippen LogP contribution in [0.5, 0.6) is 0 Å². The highest BCUT2D eigenvalue weighted by Crippen LogP contribution is 2.08. The number of hydrogen-bond donors (Lipinski definition) is 2. The van der Waals surface area contributed by atoms with E-state index in [1.54, 1.807) is 0 Å². The quantitative estimate of drug-likeness (QED) is 0.549. The van der Waals surface area contributed by atoms with Gasteiger partial charge in [0.1, 0.15) is 0 Å². The minimum absolute atomic E-state index is 0.324. The molecule has 2 nitrogen and oxygen atoms in total. The Labute approximate surface area is 95.5 Å². The van der Waals surface area contributed by atoms with E-state index in [1.165, 1.54) is 25.7 Å². The monoisotopic (exact) mass is 215 g/mol. The van der Waals surface area contributed by atoms with Crippen LogP contribution in [0.15, 0.2) is 0 Å². The molecule has 92 valence electrons. The standard InChI is InChI=1S/C13H29NO/c1-4-6-7-8-12(3)14-11-13(5-2)9-10-15/h12-15H,4-11H2,1-3H3. The Kier molecular flexibility index (Phi) is 10.4. The Morgan fingerprint density at radius 2 is 1.87 bits per heavy atom. The van der Waals surface area contributed by atoms with Gasteiger partial charge >= 0.3 is 0 Å². The van der Waals surface area contributed by atoms with Gasteiger partial charge in [-0.25, -0.2) is 0 Å². The lowest BCUT2D eigenvalue weighted by Crippen LogP contribution is -2.31. The van der Waals surface area contributed by atoms with Crippen molar-refractivity contribution in [3.05, 3.63) is 0 Å². The van der Waals surface area contributed by atoms with Crippen molar-refractivity contribution in [2.24, 2.45) is 5.92 Å². The molecule has 2 N–H and O–H groups in total. The molecule has 0 aliphatic rings. The Morgan fingerprint density at radius 1 is 1.13 bits per heavy atom.